The number of carbonyl (C=O) groups is 1. The molecule has 4 rings (SSSR count). The average Bonchev–Trinajstić information content (AvgIpc) is 3.52. The minimum atomic E-state index is 0.0915. The van der Waals surface area contributed by atoms with Crippen molar-refractivity contribution in [2.75, 3.05) is 19.8 Å². The number of hydrogen-bond acceptors (Lipinski definition) is 6. The van der Waals surface area contributed by atoms with Gasteiger partial charge in [-0.15, -0.1) is 22.7 Å². The van der Waals surface area contributed by atoms with Crippen molar-refractivity contribution in [2.45, 2.75) is 38.8 Å². The van der Waals surface area contributed by atoms with Gasteiger partial charge in [0.1, 0.15) is 10.8 Å². The van der Waals surface area contributed by atoms with Gasteiger partial charge in [-0.25, -0.2) is 4.98 Å². The van der Waals surface area contributed by atoms with Crippen molar-refractivity contribution in [3.05, 3.63) is 57.7 Å². The molecule has 0 spiro atoms. The number of para-hydroxylation sites is 1. The zero-order chi connectivity index (χ0) is 20.8. The highest BCUT2D eigenvalue weighted by Crippen LogP contribution is 2.32. The summed E-state index contributed by atoms with van der Waals surface area (Å²) < 4.78 is 11.5. The molecule has 1 fully saturated rings. The molecule has 1 aliphatic rings. The molecule has 3 heterocycles. The van der Waals surface area contributed by atoms with Gasteiger partial charge in [0.2, 0.25) is 5.91 Å². The molecule has 5 nitrogen and oxygen atoms in total. The van der Waals surface area contributed by atoms with E-state index in [1.807, 2.05) is 52.9 Å². The molecule has 1 amide bonds. The summed E-state index contributed by atoms with van der Waals surface area (Å²) in [5, 5.41) is 4.91. The van der Waals surface area contributed by atoms with E-state index in [1.165, 1.54) is 4.88 Å². The molecule has 0 saturated carbocycles. The van der Waals surface area contributed by atoms with Crippen molar-refractivity contribution in [2.24, 2.45) is 0 Å². The summed E-state index contributed by atoms with van der Waals surface area (Å²) in [6.45, 7) is 4.63. The zero-order valence-corrected chi connectivity index (χ0v) is 18.7. The second kappa shape index (κ2) is 10.2. The Kier molecular flexibility index (Phi) is 7.15. The van der Waals surface area contributed by atoms with Gasteiger partial charge < -0.3 is 14.4 Å². The lowest BCUT2D eigenvalue weighted by Gasteiger charge is -2.25. The third kappa shape index (κ3) is 5.28. The number of thiophene rings is 1. The minimum Gasteiger partial charge on any atom is -0.493 e. The highest BCUT2D eigenvalue weighted by molar-refractivity contribution is 7.13. The average molecular weight is 443 g/mol. The van der Waals surface area contributed by atoms with Crippen molar-refractivity contribution in [3.8, 4) is 16.3 Å². The maximum atomic E-state index is 13.2. The molecular formula is C23H26N2O3S2. The van der Waals surface area contributed by atoms with Crippen molar-refractivity contribution < 1.29 is 14.3 Å². The predicted molar refractivity (Wildman–Crippen MR) is 121 cm³/mol. The molecule has 158 valence electrons. The lowest BCUT2D eigenvalue weighted by Crippen LogP contribution is -2.37. The van der Waals surface area contributed by atoms with Gasteiger partial charge in [0.05, 0.1) is 36.9 Å². The summed E-state index contributed by atoms with van der Waals surface area (Å²) in [6, 6.07) is 12.0. The summed E-state index contributed by atoms with van der Waals surface area (Å²) in [7, 11) is 0. The van der Waals surface area contributed by atoms with Crippen molar-refractivity contribution in [1.29, 1.82) is 0 Å². The summed E-state index contributed by atoms with van der Waals surface area (Å²) in [5.41, 5.74) is 1.77. The Morgan fingerprint density at radius 2 is 2.17 bits per heavy atom. The Morgan fingerprint density at radius 1 is 1.27 bits per heavy atom. The van der Waals surface area contributed by atoms with E-state index in [9.17, 15) is 4.79 Å². The number of hydrogen-bond donors (Lipinski definition) is 0. The molecule has 0 bridgehead atoms. The minimum absolute atomic E-state index is 0.0915. The van der Waals surface area contributed by atoms with Crippen LogP contribution in [0.5, 0.6) is 5.75 Å². The summed E-state index contributed by atoms with van der Waals surface area (Å²) in [6.07, 6.45) is 2.52. The van der Waals surface area contributed by atoms with Crippen LogP contribution in [0.3, 0.4) is 0 Å². The van der Waals surface area contributed by atoms with Gasteiger partial charge in [-0.3, -0.25) is 4.79 Å². The molecule has 0 N–H and O–H groups in total. The predicted octanol–water partition coefficient (Wildman–Crippen LogP) is 5.02. The molecule has 7 heteroatoms. The van der Waals surface area contributed by atoms with Crippen LogP contribution in [0.25, 0.3) is 10.6 Å². The van der Waals surface area contributed by atoms with Gasteiger partial charge in [-0.05, 0) is 43.3 Å². The third-order valence-electron chi connectivity index (χ3n) is 5.03. The van der Waals surface area contributed by atoms with E-state index in [4.69, 9.17) is 14.5 Å². The van der Waals surface area contributed by atoms with Crippen LogP contribution < -0.4 is 4.74 Å². The van der Waals surface area contributed by atoms with Crippen LogP contribution in [-0.4, -0.2) is 41.7 Å². The topological polar surface area (TPSA) is 51.7 Å². The number of thiazole rings is 1. The first kappa shape index (κ1) is 21.0. The number of ether oxygens (including phenoxy) is 2. The van der Waals surface area contributed by atoms with Gasteiger partial charge >= 0.3 is 0 Å². The van der Waals surface area contributed by atoms with Crippen LogP contribution in [0, 0.1) is 0 Å². The second-order valence-corrected chi connectivity index (χ2v) is 9.13. The SMILES string of the molecule is CCOc1ccccc1-c1nc(CC(=O)N(Cc2cccs2)CC2CCCO2)cs1. The normalized spacial score (nSPS) is 16.0. The van der Waals surface area contributed by atoms with Gasteiger partial charge in [-0.1, -0.05) is 18.2 Å². The molecule has 30 heavy (non-hydrogen) atoms. The molecule has 3 aromatic rings. The lowest BCUT2D eigenvalue weighted by molar-refractivity contribution is -0.132. The van der Waals surface area contributed by atoms with Crippen molar-refractivity contribution in [1.82, 2.24) is 9.88 Å². The number of benzene rings is 1. The molecule has 0 aliphatic carbocycles. The number of rotatable bonds is 9. The van der Waals surface area contributed by atoms with E-state index in [2.05, 4.69) is 6.07 Å². The highest BCUT2D eigenvalue weighted by atomic mass is 32.1. The summed E-state index contributed by atoms with van der Waals surface area (Å²) in [4.78, 5) is 21.0. The van der Waals surface area contributed by atoms with Gasteiger partial charge in [0, 0.05) is 23.4 Å². The third-order valence-corrected chi connectivity index (χ3v) is 6.81. The van der Waals surface area contributed by atoms with Crippen LogP contribution in [0.1, 0.15) is 30.3 Å². The van der Waals surface area contributed by atoms with Gasteiger partial charge in [0.15, 0.2) is 0 Å². The first-order valence-corrected chi connectivity index (χ1v) is 12.1. The monoisotopic (exact) mass is 442 g/mol. The molecule has 2 aromatic heterocycles. The Labute approximate surface area is 185 Å². The number of amides is 1. The first-order valence-electron chi connectivity index (χ1n) is 10.3. The molecule has 1 aliphatic heterocycles. The summed E-state index contributed by atoms with van der Waals surface area (Å²) in [5.74, 6) is 0.916. The fraction of sp³-hybridized carbons (Fsp3) is 0.391. The van der Waals surface area contributed by atoms with Crippen LogP contribution >= 0.6 is 22.7 Å². The van der Waals surface area contributed by atoms with E-state index in [0.717, 1.165) is 41.5 Å². The first-order chi connectivity index (χ1) is 14.7. The Morgan fingerprint density at radius 3 is 2.93 bits per heavy atom. The van der Waals surface area contributed by atoms with Crippen LogP contribution in [0.4, 0.5) is 0 Å². The van der Waals surface area contributed by atoms with E-state index >= 15 is 0 Å². The number of nitrogens with zero attached hydrogens (tertiary/aromatic N) is 2. The maximum absolute atomic E-state index is 13.2. The van der Waals surface area contributed by atoms with Crippen molar-refractivity contribution >= 4 is 28.6 Å². The molecular weight excluding hydrogens is 416 g/mol. The largest absolute Gasteiger partial charge is 0.493 e. The Bertz CT molecular complexity index is 949. The second-order valence-electron chi connectivity index (χ2n) is 7.24. The fourth-order valence-corrected chi connectivity index (χ4v) is 5.15. The van der Waals surface area contributed by atoms with E-state index in [-0.39, 0.29) is 12.0 Å². The van der Waals surface area contributed by atoms with Gasteiger partial charge in [0.25, 0.3) is 0 Å². The van der Waals surface area contributed by atoms with Crippen LogP contribution in [0.2, 0.25) is 0 Å². The quantitative estimate of drug-likeness (QED) is 0.467. The molecule has 1 aromatic carbocycles. The highest BCUT2D eigenvalue weighted by Gasteiger charge is 2.24. The van der Waals surface area contributed by atoms with Crippen molar-refractivity contribution in [3.63, 3.8) is 0 Å². The van der Waals surface area contributed by atoms with E-state index in [1.54, 1.807) is 22.7 Å². The standard InChI is InChI=1S/C23H26N2O3S2/c1-2-27-21-10-4-3-9-20(21)23-24-17(16-30-23)13-22(26)25(14-18-7-5-11-28-18)15-19-8-6-12-29-19/h3-4,6,8-10,12,16,18H,2,5,7,11,13-15H2,1H3. The van der Waals surface area contributed by atoms with E-state index in [0.29, 0.717) is 26.1 Å². The van der Waals surface area contributed by atoms with Crippen LogP contribution in [0.15, 0.2) is 47.2 Å². The Hall–Kier alpha value is -2.22. The zero-order valence-electron chi connectivity index (χ0n) is 17.1. The van der Waals surface area contributed by atoms with Crippen LogP contribution in [-0.2, 0) is 22.5 Å². The smallest absolute Gasteiger partial charge is 0.229 e. The number of carbonyl (C=O) groups excluding carboxylic acids is 1. The lowest BCUT2D eigenvalue weighted by atomic mass is 10.2. The Balaban J connectivity index is 1.47. The van der Waals surface area contributed by atoms with E-state index < -0.39 is 0 Å². The summed E-state index contributed by atoms with van der Waals surface area (Å²) >= 11 is 3.23. The molecule has 0 radical (unpaired) electrons. The maximum Gasteiger partial charge on any atom is 0.229 e. The van der Waals surface area contributed by atoms with Gasteiger partial charge in [-0.2, -0.15) is 0 Å². The fourth-order valence-electron chi connectivity index (χ4n) is 3.58. The molecule has 1 atom stereocenters. The molecule has 1 saturated heterocycles. The number of aromatic nitrogens is 1. The molecule has 1 unspecified atom stereocenters.